The number of carboxylic acids is 3. The van der Waals surface area contributed by atoms with Gasteiger partial charge in [-0.25, -0.2) is 0 Å². The Morgan fingerprint density at radius 2 is 0.974 bits per heavy atom. The standard InChI is InChI=1S/C25H43N5O8/c1-3-12-28(14-5-21(31)26-10-19-29(13-4-2)16-7-23(33)34)15-6-22(32)27-11-20-30(17-8-24(35)36)18-9-25(37)38/h1H,4-20H2,2H3,(H,26,31)(H,27,32)(H,33,34)(H,35,36)(H,37,38). The van der Waals surface area contributed by atoms with Crippen molar-refractivity contribution in [2.24, 2.45) is 0 Å². The maximum atomic E-state index is 12.2. The zero-order chi connectivity index (χ0) is 28.8. The molecule has 0 aliphatic heterocycles. The van der Waals surface area contributed by atoms with E-state index in [0.717, 1.165) is 13.0 Å². The number of rotatable bonds is 24. The van der Waals surface area contributed by atoms with E-state index in [1.54, 1.807) is 4.90 Å². The van der Waals surface area contributed by atoms with E-state index in [0.29, 0.717) is 39.3 Å². The lowest BCUT2D eigenvalue weighted by Gasteiger charge is -2.22. The molecule has 0 unspecified atom stereocenters. The first-order valence-electron chi connectivity index (χ1n) is 12.9. The summed E-state index contributed by atoms with van der Waals surface area (Å²) in [4.78, 5) is 62.3. The van der Waals surface area contributed by atoms with Crippen molar-refractivity contribution in [3.63, 3.8) is 0 Å². The van der Waals surface area contributed by atoms with Gasteiger partial charge in [0.2, 0.25) is 11.8 Å². The van der Waals surface area contributed by atoms with Crippen molar-refractivity contribution >= 4 is 29.7 Å². The number of carbonyl (C=O) groups is 5. The zero-order valence-electron chi connectivity index (χ0n) is 22.3. The van der Waals surface area contributed by atoms with Gasteiger partial charge in [-0.15, -0.1) is 6.42 Å². The molecule has 0 aromatic carbocycles. The lowest BCUT2D eigenvalue weighted by Crippen LogP contribution is -2.39. The van der Waals surface area contributed by atoms with E-state index < -0.39 is 17.9 Å². The van der Waals surface area contributed by atoms with Gasteiger partial charge < -0.3 is 35.8 Å². The van der Waals surface area contributed by atoms with Crippen molar-refractivity contribution < 1.29 is 39.3 Å². The Morgan fingerprint density at radius 1 is 0.605 bits per heavy atom. The van der Waals surface area contributed by atoms with Crippen LogP contribution in [0.3, 0.4) is 0 Å². The number of carbonyl (C=O) groups excluding carboxylic acids is 2. The molecule has 0 atom stereocenters. The van der Waals surface area contributed by atoms with E-state index in [-0.39, 0.29) is 70.1 Å². The molecule has 0 bridgehead atoms. The number of hydrogen-bond donors (Lipinski definition) is 5. The van der Waals surface area contributed by atoms with Crippen LogP contribution in [-0.4, -0.2) is 132 Å². The van der Waals surface area contributed by atoms with Crippen LogP contribution in [0.4, 0.5) is 0 Å². The number of nitrogens with one attached hydrogen (secondary N) is 2. The van der Waals surface area contributed by atoms with Crippen molar-refractivity contribution in [3.8, 4) is 12.3 Å². The highest BCUT2D eigenvalue weighted by Gasteiger charge is 2.13. The van der Waals surface area contributed by atoms with Crippen LogP contribution in [0, 0.1) is 12.3 Å². The van der Waals surface area contributed by atoms with Gasteiger partial charge in [-0.1, -0.05) is 12.8 Å². The van der Waals surface area contributed by atoms with Gasteiger partial charge in [0.1, 0.15) is 0 Å². The third-order valence-corrected chi connectivity index (χ3v) is 5.59. The first-order valence-corrected chi connectivity index (χ1v) is 12.9. The van der Waals surface area contributed by atoms with Gasteiger partial charge in [0.15, 0.2) is 0 Å². The molecule has 0 spiro atoms. The molecule has 13 nitrogen and oxygen atoms in total. The fourth-order valence-electron chi connectivity index (χ4n) is 3.55. The average molecular weight is 542 g/mol. The van der Waals surface area contributed by atoms with Gasteiger partial charge in [0.05, 0.1) is 25.8 Å². The van der Waals surface area contributed by atoms with Gasteiger partial charge in [-0.2, -0.15) is 0 Å². The van der Waals surface area contributed by atoms with Crippen LogP contribution in [0.25, 0.3) is 0 Å². The minimum atomic E-state index is -0.981. The van der Waals surface area contributed by atoms with Gasteiger partial charge in [-0.3, -0.25) is 28.9 Å². The Bertz CT molecular complexity index is 768. The third-order valence-electron chi connectivity index (χ3n) is 5.59. The molecule has 216 valence electrons. The molecule has 38 heavy (non-hydrogen) atoms. The SMILES string of the molecule is C#CCN(CCC(=O)NCCN(CCC)CCC(=O)O)CCC(=O)NCCN(CCC(=O)O)CCC(=O)O. The molecule has 2 amide bonds. The Hall–Kier alpha value is -3.21. The molecule has 0 radical (unpaired) electrons. The Kier molecular flexibility index (Phi) is 20.0. The van der Waals surface area contributed by atoms with Crippen LogP contribution < -0.4 is 10.6 Å². The molecule has 0 aliphatic rings. The van der Waals surface area contributed by atoms with Gasteiger partial charge in [-0.05, 0) is 13.0 Å². The fourth-order valence-corrected chi connectivity index (χ4v) is 3.55. The van der Waals surface area contributed by atoms with E-state index in [1.165, 1.54) is 0 Å². The third kappa shape index (κ3) is 20.9. The van der Waals surface area contributed by atoms with Crippen LogP contribution in [-0.2, 0) is 24.0 Å². The van der Waals surface area contributed by atoms with Crippen LogP contribution in [0.5, 0.6) is 0 Å². The number of terminal acetylenes is 1. The molecular formula is C25H43N5O8. The molecule has 0 aliphatic carbocycles. The Balaban J connectivity index is 4.36. The van der Waals surface area contributed by atoms with E-state index in [2.05, 4.69) is 16.6 Å². The highest BCUT2D eigenvalue weighted by atomic mass is 16.4. The number of hydrogen-bond acceptors (Lipinski definition) is 8. The van der Waals surface area contributed by atoms with Crippen molar-refractivity contribution in [3.05, 3.63) is 0 Å². The summed E-state index contributed by atoms with van der Waals surface area (Å²) < 4.78 is 0. The lowest BCUT2D eigenvalue weighted by molar-refractivity contribution is -0.138. The topological polar surface area (TPSA) is 180 Å². The summed E-state index contributed by atoms with van der Waals surface area (Å²) in [6, 6.07) is 0. The summed E-state index contributed by atoms with van der Waals surface area (Å²) in [7, 11) is 0. The summed E-state index contributed by atoms with van der Waals surface area (Å²) in [6.07, 6.45) is 6.47. The first kappa shape index (κ1) is 34.8. The second kappa shape index (κ2) is 21.8. The molecule has 0 heterocycles. The molecule has 0 saturated heterocycles. The molecule has 0 aromatic heterocycles. The Labute approximate surface area is 224 Å². The molecule has 0 rings (SSSR count). The second-order valence-corrected chi connectivity index (χ2v) is 8.79. The lowest BCUT2D eigenvalue weighted by atomic mass is 10.3. The minimum absolute atomic E-state index is 0.0519. The second-order valence-electron chi connectivity index (χ2n) is 8.79. The monoisotopic (exact) mass is 541 g/mol. The van der Waals surface area contributed by atoms with E-state index in [9.17, 15) is 24.0 Å². The summed E-state index contributed by atoms with van der Waals surface area (Å²) in [5.41, 5.74) is 0. The molecule has 13 heteroatoms. The number of amides is 2. The van der Waals surface area contributed by atoms with Gasteiger partial charge in [0.25, 0.3) is 0 Å². The smallest absolute Gasteiger partial charge is 0.304 e. The van der Waals surface area contributed by atoms with E-state index in [4.69, 9.17) is 21.7 Å². The van der Waals surface area contributed by atoms with Crippen LogP contribution >= 0.6 is 0 Å². The molecule has 5 N–H and O–H groups in total. The first-order chi connectivity index (χ1) is 18.1. The minimum Gasteiger partial charge on any atom is -0.481 e. The quantitative estimate of drug-likeness (QED) is 0.0982. The van der Waals surface area contributed by atoms with Crippen molar-refractivity contribution in [2.75, 3.05) is 72.0 Å². The number of carboxylic acid groups (broad SMARTS) is 3. The van der Waals surface area contributed by atoms with Crippen LogP contribution in [0.2, 0.25) is 0 Å². The normalized spacial score (nSPS) is 10.9. The average Bonchev–Trinajstić information content (AvgIpc) is 2.85. The molecule has 0 fully saturated rings. The summed E-state index contributed by atoms with van der Waals surface area (Å²) in [5, 5.41) is 32.1. The predicted octanol–water partition coefficient (Wildman–Crippen LogP) is -0.628. The van der Waals surface area contributed by atoms with Gasteiger partial charge in [0, 0.05) is 71.7 Å². The molecule has 0 saturated carbocycles. The van der Waals surface area contributed by atoms with Crippen molar-refractivity contribution in [2.45, 2.75) is 45.4 Å². The van der Waals surface area contributed by atoms with E-state index >= 15 is 0 Å². The molecule has 0 aromatic rings. The van der Waals surface area contributed by atoms with Crippen molar-refractivity contribution in [1.29, 1.82) is 0 Å². The highest BCUT2D eigenvalue weighted by Crippen LogP contribution is 1.98. The number of aliphatic carboxylic acids is 3. The van der Waals surface area contributed by atoms with Crippen LogP contribution in [0.15, 0.2) is 0 Å². The van der Waals surface area contributed by atoms with Crippen LogP contribution in [0.1, 0.15) is 45.4 Å². The number of nitrogens with zero attached hydrogens (tertiary/aromatic N) is 3. The largest absolute Gasteiger partial charge is 0.481 e. The van der Waals surface area contributed by atoms with Gasteiger partial charge >= 0.3 is 17.9 Å². The predicted molar refractivity (Wildman–Crippen MR) is 140 cm³/mol. The fraction of sp³-hybridized carbons (Fsp3) is 0.720. The maximum Gasteiger partial charge on any atom is 0.304 e. The van der Waals surface area contributed by atoms with Crippen molar-refractivity contribution in [1.82, 2.24) is 25.3 Å². The maximum absolute atomic E-state index is 12.2. The highest BCUT2D eigenvalue weighted by molar-refractivity contribution is 5.76. The molecular weight excluding hydrogens is 498 g/mol. The summed E-state index contributed by atoms with van der Waals surface area (Å²) in [5.74, 6) is -0.686. The Morgan fingerprint density at radius 3 is 1.32 bits per heavy atom. The summed E-state index contributed by atoms with van der Waals surface area (Å²) in [6.45, 7) is 6.11. The zero-order valence-corrected chi connectivity index (χ0v) is 22.3. The van der Waals surface area contributed by atoms with E-state index in [1.807, 2.05) is 16.7 Å². The summed E-state index contributed by atoms with van der Waals surface area (Å²) >= 11 is 0.